The van der Waals surface area contributed by atoms with E-state index in [4.69, 9.17) is 9.47 Å². The standard InChI is InChI=1S/C21H24O2/c1-4-14-22-20-10-6-18(7-11-20)16-17(3)19-8-12-21(13-9-19)23-15-5-2/h4-13,17H,1-2,14-16H2,3H3. The molecule has 0 saturated carbocycles. The van der Waals surface area contributed by atoms with Crippen LogP contribution < -0.4 is 9.47 Å². The van der Waals surface area contributed by atoms with Gasteiger partial charge >= 0.3 is 0 Å². The lowest BCUT2D eigenvalue weighted by Crippen LogP contribution is -1.99. The molecule has 2 heteroatoms. The number of ether oxygens (including phenoxy) is 2. The maximum atomic E-state index is 5.51. The van der Waals surface area contributed by atoms with Gasteiger partial charge in [-0.25, -0.2) is 0 Å². The molecular formula is C21H24O2. The molecule has 2 aromatic rings. The maximum absolute atomic E-state index is 5.51. The first kappa shape index (κ1) is 16.9. The summed E-state index contributed by atoms with van der Waals surface area (Å²) in [5.41, 5.74) is 2.61. The lowest BCUT2D eigenvalue weighted by atomic mass is 9.94. The second-order valence-electron chi connectivity index (χ2n) is 5.52. The van der Waals surface area contributed by atoms with E-state index < -0.39 is 0 Å². The Kier molecular flexibility index (Phi) is 6.49. The normalized spacial score (nSPS) is 11.5. The van der Waals surface area contributed by atoms with Crippen molar-refractivity contribution < 1.29 is 9.47 Å². The average molecular weight is 308 g/mol. The smallest absolute Gasteiger partial charge is 0.119 e. The number of rotatable bonds is 9. The highest BCUT2D eigenvalue weighted by Crippen LogP contribution is 2.24. The van der Waals surface area contributed by atoms with Gasteiger partial charge in [0.15, 0.2) is 0 Å². The molecule has 2 rings (SSSR count). The predicted octanol–water partition coefficient (Wildman–Crippen LogP) is 5.16. The van der Waals surface area contributed by atoms with Crippen molar-refractivity contribution >= 4 is 0 Å². The monoisotopic (exact) mass is 308 g/mol. The molecule has 2 nitrogen and oxygen atoms in total. The van der Waals surface area contributed by atoms with Crippen LogP contribution >= 0.6 is 0 Å². The molecule has 0 amide bonds. The van der Waals surface area contributed by atoms with Crippen molar-refractivity contribution in [1.82, 2.24) is 0 Å². The Balaban J connectivity index is 1.93. The largest absolute Gasteiger partial charge is 0.490 e. The second kappa shape index (κ2) is 8.84. The van der Waals surface area contributed by atoms with E-state index in [1.165, 1.54) is 11.1 Å². The maximum Gasteiger partial charge on any atom is 0.119 e. The molecule has 0 bridgehead atoms. The van der Waals surface area contributed by atoms with Crippen molar-refractivity contribution in [2.75, 3.05) is 13.2 Å². The molecule has 0 heterocycles. The van der Waals surface area contributed by atoms with Crippen LogP contribution in [0.3, 0.4) is 0 Å². The van der Waals surface area contributed by atoms with Gasteiger partial charge in [-0.2, -0.15) is 0 Å². The molecule has 1 unspecified atom stereocenters. The molecule has 120 valence electrons. The van der Waals surface area contributed by atoms with E-state index in [1.807, 2.05) is 24.3 Å². The van der Waals surface area contributed by atoms with E-state index in [1.54, 1.807) is 12.2 Å². The third kappa shape index (κ3) is 5.33. The Bertz CT molecular complexity index is 611. The zero-order chi connectivity index (χ0) is 16.5. The first-order valence-corrected chi connectivity index (χ1v) is 7.89. The summed E-state index contributed by atoms with van der Waals surface area (Å²) in [5.74, 6) is 2.21. The predicted molar refractivity (Wildman–Crippen MR) is 96.4 cm³/mol. The zero-order valence-corrected chi connectivity index (χ0v) is 13.7. The van der Waals surface area contributed by atoms with Crippen molar-refractivity contribution in [2.45, 2.75) is 19.3 Å². The van der Waals surface area contributed by atoms with Crippen molar-refractivity contribution in [3.63, 3.8) is 0 Å². The Morgan fingerprint density at radius 3 is 1.78 bits per heavy atom. The molecule has 2 aromatic carbocycles. The quantitative estimate of drug-likeness (QED) is 0.596. The summed E-state index contributed by atoms with van der Waals surface area (Å²) >= 11 is 0. The fourth-order valence-electron chi connectivity index (χ4n) is 2.40. The molecule has 0 N–H and O–H groups in total. The summed E-state index contributed by atoms with van der Waals surface area (Å²) in [6.07, 6.45) is 4.49. The summed E-state index contributed by atoms with van der Waals surface area (Å²) in [5, 5.41) is 0. The van der Waals surface area contributed by atoms with Crippen LogP contribution in [0.4, 0.5) is 0 Å². The highest BCUT2D eigenvalue weighted by atomic mass is 16.5. The molecule has 0 aliphatic rings. The fourth-order valence-corrected chi connectivity index (χ4v) is 2.40. The van der Waals surface area contributed by atoms with Crippen LogP contribution in [-0.2, 0) is 6.42 Å². The van der Waals surface area contributed by atoms with E-state index in [0.29, 0.717) is 19.1 Å². The van der Waals surface area contributed by atoms with Crippen LogP contribution in [0.25, 0.3) is 0 Å². The summed E-state index contributed by atoms with van der Waals surface area (Å²) in [7, 11) is 0. The average Bonchev–Trinajstić information content (AvgIpc) is 2.59. The minimum Gasteiger partial charge on any atom is -0.490 e. The number of hydrogen-bond donors (Lipinski definition) is 0. The molecule has 0 aliphatic heterocycles. The Hall–Kier alpha value is -2.48. The van der Waals surface area contributed by atoms with E-state index >= 15 is 0 Å². The lowest BCUT2D eigenvalue weighted by Gasteiger charge is -2.13. The molecule has 0 spiro atoms. The van der Waals surface area contributed by atoms with Gasteiger partial charge in [0.05, 0.1) is 0 Å². The van der Waals surface area contributed by atoms with Gasteiger partial charge in [-0.15, -0.1) is 0 Å². The van der Waals surface area contributed by atoms with Crippen molar-refractivity contribution in [3.8, 4) is 11.5 Å². The number of benzene rings is 2. The van der Waals surface area contributed by atoms with E-state index in [-0.39, 0.29) is 0 Å². The van der Waals surface area contributed by atoms with Gasteiger partial charge in [-0.3, -0.25) is 0 Å². The molecule has 0 aromatic heterocycles. The molecule has 0 saturated heterocycles. The van der Waals surface area contributed by atoms with Gasteiger partial charge in [0.1, 0.15) is 24.7 Å². The van der Waals surface area contributed by atoms with Gasteiger partial charge in [-0.05, 0) is 47.7 Å². The van der Waals surface area contributed by atoms with E-state index in [9.17, 15) is 0 Å². The Labute approximate surface area is 139 Å². The second-order valence-corrected chi connectivity index (χ2v) is 5.52. The summed E-state index contributed by atoms with van der Waals surface area (Å²) in [4.78, 5) is 0. The van der Waals surface area contributed by atoms with Gasteiger partial charge in [-0.1, -0.05) is 56.5 Å². The third-order valence-electron chi connectivity index (χ3n) is 3.65. The molecule has 1 atom stereocenters. The van der Waals surface area contributed by atoms with Crippen LogP contribution in [-0.4, -0.2) is 13.2 Å². The molecule has 0 aliphatic carbocycles. The third-order valence-corrected chi connectivity index (χ3v) is 3.65. The van der Waals surface area contributed by atoms with Crippen molar-refractivity contribution in [1.29, 1.82) is 0 Å². The topological polar surface area (TPSA) is 18.5 Å². The molecule has 0 radical (unpaired) electrons. The molecule has 0 fully saturated rings. The van der Waals surface area contributed by atoms with E-state index in [0.717, 1.165) is 17.9 Å². The van der Waals surface area contributed by atoms with Crippen molar-refractivity contribution in [3.05, 3.63) is 85.0 Å². The fraction of sp³-hybridized carbons (Fsp3) is 0.238. The summed E-state index contributed by atoms with van der Waals surface area (Å²) in [6, 6.07) is 16.6. The lowest BCUT2D eigenvalue weighted by molar-refractivity contribution is 0.363. The first-order chi connectivity index (χ1) is 11.2. The Morgan fingerprint density at radius 1 is 0.826 bits per heavy atom. The highest BCUT2D eigenvalue weighted by molar-refractivity contribution is 5.32. The van der Waals surface area contributed by atoms with E-state index in [2.05, 4.69) is 44.3 Å². The van der Waals surface area contributed by atoms with Gasteiger partial charge in [0, 0.05) is 0 Å². The van der Waals surface area contributed by atoms with Gasteiger partial charge < -0.3 is 9.47 Å². The minimum absolute atomic E-state index is 0.448. The molecular weight excluding hydrogens is 284 g/mol. The van der Waals surface area contributed by atoms with Gasteiger partial charge in [0.2, 0.25) is 0 Å². The number of hydrogen-bond acceptors (Lipinski definition) is 2. The summed E-state index contributed by atoms with van der Waals surface area (Å²) < 4.78 is 11.0. The van der Waals surface area contributed by atoms with Crippen LogP contribution in [0.1, 0.15) is 24.0 Å². The summed E-state index contributed by atoms with van der Waals surface area (Å²) in [6.45, 7) is 10.6. The zero-order valence-electron chi connectivity index (χ0n) is 13.7. The van der Waals surface area contributed by atoms with Crippen LogP contribution in [0.15, 0.2) is 73.8 Å². The van der Waals surface area contributed by atoms with Crippen molar-refractivity contribution in [2.24, 2.45) is 0 Å². The van der Waals surface area contributed by atoms with Crippen LogP contribution in [0, 0.1) is 0 Å². The Morgan fingerprint density at radius 2 is 1.30 bits per heavy atom. The van der Waals surface area contributed by atoms with Crippen LogP contribution in [0.2, 0.25) is 0 Å². The van der Waals surface area contributed by atoms with Crippen LogP contribution in [0.5, 0.6) is 11.5 Å². The first-order valence-electron chi connectivity index (χ1n) is 7.89. The van der Waals surface area contributed by atoms with Gasteiger partial charge in [0.25, 0.3) is 0 Å². The minimum atomic E-state index is 0.448. The highest BCUT2D eigenvalue weighted by Gasteiger charge is 2.07. The SMILES string of the molecule is C=CCOc1ccc(CC(C)c2ccc(OCC=C)cc2)cc1. The molecule has 23 heavy (non-hydrogen) atoms.